The summed E-state index contributed by atoms with van der Waals surface area (Å²) in [6.07, 6.45) is 4.31. The van der Waals surface area contributed by atoms with Crippen LogP contribution in [-0.4, -0.2) is 20.4 Å². The van der Waals surface area contributed by atoms with E-state index in [-0.39, 0.29) is 41.3 Å². The zero-order valence-corrected chi connectivity index (χ0v) is 16.4. The van der Waals surface area contributed by atoms with Gasteiger partial charge in [0.2, 0.25) is 11.5 Å². The number of halogens is 2. The number of carbonyl (C=O) groups is 1. The second-order valence-electron chi connectivity index (χ2n) is 6.99. The average Bonchev–Trinajstić information content (AvgIpc) is 3.23. The lowest BCUT2D eigenvalue weighted by Gasteiger charge is -2.08. The van der Waals surface area contributed by atoms with Crippen molar-refractivity contribution in [1.82, 2.24) is 14.7 Å². The van der Waals surface area contributed by atoms with Gasteiger partial charge in [-0.15, -0.1) is 0 Å². The van der Waals surface area contributed by atoms with Gasteiger partial charge in [-0.2, -0.15) is 0 Å². The SMILES string of the molecule is Cc1c(O)c(Cc2ccc(F)c(F)c2)c(=O)n2cc(C(=O)NCc3ccncc3)oc12. The molecular weight excluding hydrogens is 408 g/mol. The number of nitrogens with zero attached hydrogens (tertiary/aromatic N) is 2. The number of fused-ring (bicyclic) bond motifs is 1. The van der Waals surface area contributed by atoms with E-state index in [4.69, 9.17) is 4.42 Å². The van der Waals surface area contributed by atoms with E-state index in [2.05, 4.69) is 10.3 Å². The minimum Gasteiger partial charge on any atom is -0.507 e. The number of aromatic nitrogens is 2. The van der Waals surface area contributed by atoms with Crippen molar-refractivity contribution in [3.8, 4) is 5.75 Å². The van der Waals surface area contributed by atoms with Crippen LogP contribution in [0.2, 0.25) is 0 Å². The Balaban J connectivity index is 1.66. The van der Waals surface area contributed by atoms with Crippen molar-refractivity contribution in [2.24, 2.45) is 0 Å². The van der Waals surface area contributed by atoms with Crippen molar-refractivity contribution in [3.05, 3.63) is 98.9 Å². The highest BCUT2D eigenvalue weighted by Crippen LogP contribution is 2.27. The molecule has 0 fully saturated rings. The fourth-order valence-electron chi connectivity index (χ4n) is 3.23. The molecule has 0 aliphatic rings. The maximum Gasteiger partial charge on any atom is 0.288 e. The summed E-state index contributed by atoms with van der Waals surface area (Å²) in [6.45, 7) is 1.76. The molecule has 0 saturated heterocycles. The molecule has 2 N–H and O–H groups in total. The fourth-order valence-corrected chi connectivity index (χ4v) is 3.23. The van der Waals surface area contributed by atoms with E-state index in [1.54, 1.807) is 24.5 Å². The zero-order chi connectivity index (χ0) is 22.1. The van der Waals surface area contributed by atoms with Crippen LogP contribution in [0.4, 0.5) is 8.78 Å². The molecular formula is C22H17F2N3O4. The topological polar surface area (TPSA) is 96.8 Å². The Morgan fingerprint density at radius 2 is 1.90 bits per heavy atom. The minimum absolute atomic E-state index is 0.0191. The quantitative estimate of drug-likeness (QED) is 0.512. The monoisotopic (exact) mass is 425 g/mol. The van der Waals surface area contributed by atoms with Gasteiger partial charge in [0.1, 0.15) is 5.75 Å². The molecule has 0 saturated carbocycles. The van der Waals surface area contributed by atoms with Gasteiger partial charge in [-0.1, -0.05) is 6.07 Å². The Hall–Kier alpha value is -4.01. The Morgan fingerprint density at radius 1 is 1.16 bits per heavy atom. The van der Waals surface area contributed by atoms with E-state index in [0.717, 1.165) is 22.1 Å². The average molecular weight is 425 g/mol. The van der Waals surface area contributed by atoms with Crippen LogP contribution in [-0.2, 0) is 13.0 Å². The Labute approximate surface area is 174 Å². The first-order valence-electron chi connectivity index (χ1n) is 9.32. The van der Waals surface area contributed by atoms with Gasteiger partial charge >= 0.3 is 0 Å². The predicted molar refractivity (Wildman–Crippen MR) is 107 cm³/mol. The van der Waals surface area contributed by atoms with Crippen LogP contribution in [0, 0.1) is 18.6 Å². The lowest BCUT2D eigenvalue weighted by atomic mass is 10.0. The number of hydrogen-bond donors (Lipinski definition) is 2. The van der Waals surface area contributed by atoms with Crippen LogP contribution in [0.1, 0.15) is 32.8 Å². The summed E-state index contributed by atoms with van der Waals surface area (Å²) in [4.78, 5) is 29.3. The van der Waals surface area contributed by atoms with Crippen LogP contribution in [0.25, 0.3) is 5.71 Å². The minimum atomic E-state index is -1.05. The molecule has 3 heterocycles. The molecule has 9 heteroatoms. The molecule has 7 nitrogen and oxygen atoms in total. The van der Waals surface area contributed by atoms with Gasteiger partial charge in [0.15, 0.2) is 11.6 Å². The summed E-state index contributed by atoms with van der Waals surface area (Å²) in [5.74, 6) is -3.03. The van der Waals surface area contributed by atoms with Gasteiger partial charge in [0.25, 0.3) is 11.5 Å². The van der Waals surface area contributed by atoms with Crippen LogP contribution in [0.3, 0.4) is 0 Å². The molecule has 0 aliphatic heterocycles. The van der Waals surface area contributed by atoms with E-state index < -0.39 is 23.1 Å². The van der Waals surface area contributed by atoms with Crippen LogP contribution in [0.5, 0.6) is 5.75 Å². The molecule has 4 aromatic rings. The van der Waals surface area contributed by atoms with Crippen molar-refractivity contribution < 1.29 is 23.1 Å². The third kappa shape index (κ3) is 3.89. The third-order valence-corrected chi connectivity index (χ3v) is 4.90. The number of aromatic hydroxyl groups is 1. The third-order valence-electron chi connectivity index (χ3n) is 4.90. The molecule has 0 spiro atoms. The van der Waals surface area contributed by atoms with Crippen molar-refractivity contribution in [3.63, 3.8) is 0 Å². The summed E-state index contributed by atoms with van der Waals surface area (Å²) < 4.78 is 33.3. The van der Waals surface area contributed by atoms with Crippen LogP contribution >= 0.6 is 0 Å². The van der Waals surface area contributed by atoms with E-state index >= 15 is 0 Å². The Bertz CT molecular complexity index is 1350. The number of aryl methyl sites for hydroxylation is 1. The highest BCUT2D eigenvalue weighted by atomic mass is 19.2. The second kappa shape index (κ2) is 8.02. The Kier molecular flexibility index (Phi) is 5.24. The van der Waals surface area contributed by atoms with Gasteiger partial charge in [-0.25, -0.2) is 13.2 Å². The zero-order valence-electron chi connectivity index (χ0n) is 16.4. The smallest absolute Gasteiger partial charge is 0.288 e. The first-order valence-corrected chi connectivity index (χ1v) is 9.32. The number of nitrogens with one attached hydrogen (secondary N) is 1. The first kappa shape index (κ1) is 20.3. The summed E-state index contributed by atoms with van der Waals surface area (Å²) >= 11 is 0. The fraction of sp³-hybridized carbons (Fsp3) is 0.136. The number of pyridine rings is 2. The molecule has 3 aromatic heterocycles. The second-order valence-corrected chi connectivity index (χ2v) is 6.99. The van der Waals surface area contributed by atoms with Gasteiger partial charge in [-0.05, 0) is 42.3 Å². The lowest BCUT2D eigenvalue weighted by molar-refractivity contribution is 0.0925. The highest BCUT2D eigenvalue weighted by molar-refractivity contribution is 5.91. The number of oxazole rings is 1. The largest absolute Gasteiger partial charge is 0.507 e. The van der Waals surface area contributed by atoms with Gasteiger partial charge < -0.3 is 14.8 Å². The van der Waals surface area contributed by atoms with Crippen molar-refractivity contribution >= 4 is 11.6 Å². The predicted octanol–water partition coefficient (Wildman–Crippen LogP) is 3.10. The standard InChI is InChI=1S/C22H17F2N3O4/c1-12-19(28)15(8-14-2-3-16(23)17(24)9-14)21(30)27-11-18(31-22(12)27)20(29)26-10-13-4-6-25-7-5-13/h2-7,9,11,28H,8,10H2,1H3,(H,26,29). The summed E-state index contributed by atoms with van der Waals surface area (Å²) in [5, 5.41) is 13.2. The molecule has 158 valence electrons. The molecule has 1 amide bonds. The maximum atomic E-state index is 13.5. The summed E-state index contributed by atoms with van der Waals surface area (Å²) in [5.41, 5.74) is 0.755. The molecule has 0 bridgehead atoms. The van der Waals surface area contributed by atoms with E-state index in [0.29, 0.717) is 5.56 Å². The summed E-state index contributed by atoms with van der Waals surface area (Å²) in [6, 6.07) is 6.74. The maximum absolute atomic E-state index is 13.5. The lowest BCUT2D eigenvalue weighted by Crippen LogP contribution is -2.22. The van der Waals surface area contributed by atoms with E-state index in [9.17, 15) is 23.5 Å². The van der Waals surface area contributed by atoms with Crippen LogP contribution < -0.4 is 10.9 Å². The van der Waals surface area contributed by atoms with E-state index in [1.807, 2.05) is 0 Å². The number of rotatable bonds is 5. The number of carbonyl (C=O) groups excluding carboxylic acids is 1. The highest BCUT2D eigenvalue weighted by Gasteiger charge is 2.21. The van der Waals surface area contributed by atoms with E-state index in [1.165, 1.54) is 19.2 Å². The summed E-state index contributed by atoms with van der Waals surface area (Å²) in [7, 11) is 0. The normalized spacial score (nSPS) is 11.1. The molecule has 31 heavy (non-hydrogen) atoms. The molecule has 0 radical (unpaired) electrons. The molecule has 1 aromatic carbocycles. The molecule has 0 atom stereocenters. The van der Waals surface area contributed by atoms with Gasteiger partial charge in [0, 0.05) is 25.4 Å². The molecule has 0 aliphatic carbocycles. The van der Waals surface area contributed by atoms with Gasteiger partial charge in [0.05, 0.1) is 17.3 Å². The van der Waals surface area contributed by atoms with Crippen molar-refractivity contribution in [2.45, 2.75) is 19.9 Å². The first-order chi connectivity index (χ1) is 14.8. The molecule has 4 rings (SSSR count). The van der Waals surface area contributed by atoms with Gasteiger partial charge in [-0.3, -0.25) is 14.6 Å². The van der Waals surface area contributed by atoms with Crippen molar-refractivity contribution in [2.75, 3.05) is 0 Å². The number of amides is 1. The number of hydrogen-bond acceptors (Lipinski definition) is 5. The van der Waals surface area contributed by atoms with Crippen LogP contribution in [0.15, 0.2) is 58.1 Å². The molecule has 0 unspecified atom stereocenters. The Morgan fingerprint density at radius 3 is 2.61 bits per heavy atom. The number of benzene rings is 1. The van der Waals surface area contributed by atoms with Crippen molar-refractivity contribution in [1.29, 1.82) is 0 Å².